The van der Waals surface area contributed by atoms with Crippen molar-refractivity contribution in [3.8, 4) is 0 Å². The fourth-order valence-corrected chi connectivity index (χ4v) is 6.66. The van der Waals surface area contributed by atoms with Crippen LogP contribution < -0.4 is 10.5 Å². The van der Waals surface area contributed by atoms with E-state index >= 15 is 0 Å². The first-order chi connectivity index (χ1) is 20.3. The molecule has 4 rings (SSSR count). The minimum Gasteiger partial charge on any atom is -0.481 e. The molecule has 0 aromatic carbocycles. The maximum absolute atomic E-state index is 13.8. The number of hydrogen-bond acceptors (Lipinski definition) is 9. The second kappa shape index (κ2) is 15.6. The van der Waals surface area contributed by atoms with Gasteiger partial charge in [-0.05, 0) is 37.5 Å². The molecule has 2 aromatic heterocycles. The molecule has 0 saturated carbocycles. The molecule has 42 heavy (non-hydrogen) atoms. The molecule has 0 bridgehead atoms. The molecule has 10 nitrogen and oxygen atoms in total. The summed E-state index contributed by atoms with van der Waals surface area (Å²) in [6.45, 7) is 6.03. The zero-order valence-corrected chi connectivity index (χ0v) is 25.9. The number of aliphatic hydroxyl groups is 1. The first-order valence-corrected chi connectivity index (χ1v) is 16.1. The van der Waals surface area contributed by atoms with Crippen LogP contribution >= 0.6 is 24.0 Å². The number of amides is 1. The number of aromatic nitrogens is 2. The number of hydrogen-bond donors (Lipinski definition) is 2. The number of fused-ring (bicyclic) bond motifs is 1. The van der Waals surface area contributed by atoms with Gasteiger partial charge in [-0.2, -0.15) is 0 Å². The summed E-state index contributed by atoms with van der Waals surface area (Å²) in [7, 11) is 0. The Morgan fingerprint density at radius 1 is 1.00 bits per heavy atom. The van der Waals surface area contributed by atoms with E-state index < -0.39 is 5.97 Å². The Bertz CT molecular complexity index is 1370. The largest absolute Gasteiger partial charge is 0.481 e. The van der Waals surface area contributed by atoms with E-state index in [9.17, 15) is 19.5 Å². The zero-order valence-electron chi connectivity index (χ0n) is 24.3. The number of anilines is 1. The van der Waals surface area contributed by atoms with Crippen LogP contribution in [0, 0.1) is 6.92 Å². The number of rotatable bonds is 15. The molecule has 2 aliphatic rings. The highest BCUT2D eigenvalue weighted by atomic mass is 32.2. The molecular formula is C30H41N5O5S2. The van der Waals surface area contributed by atoms with Gasteiger partial charge in [-0.1, -0.05) is 68.6 Å². The lowest BCUT2D eigenvalue weighted by molar-refractivity contribution is -0.137. The highest BCUT2D eigenvalue weighted by Gasteiger charge is 2.33. The molecule has 0 aliphatic carbocycles. The van der Waals surface area contributed by atoms with E-state index in [0.717, 1.165) is 70.0 Å². The summed E-state index contributed by atoms with van der Waals surface area (Å²) < 4.78 is 2.05. The van der Waals surface area contributed by atoms with Gasteiger partial charge in [-0.15, -0.1) is 0 Å². The average molecular weight is 616 g/mol. The number of pyridine rings is 1. The number of nitrogens with zero attached hydrogens (tertiary/aromatic N) is 5. The minimum absolute atomic E-state index is 0.109. The van der Waals surface area contributed by atoms with Crippen LogP contribution in [0.4, 0.5) is 5.82 Å². The molecular weight excluding hydrogens is 574 g/mol. The molecule has 2 fully saturated rings. The Labute approximate surface area is 256 Å². The Morgan fingerprint density at radius 3 is 2.33 bits per heavy atom. The maximum Gasteiger partial charge on any atom is 0.303 e. The van der Waals surface area contributed by atoms with Crippen molar-refractivity contribution in [2.45, 2.75) is 64.7 Å². The van der Waals surface area contributed by atoms with Gasteiger partial charge in [0.2, 0.25) is 0 Å². The van der Waals surface area contributed by atoms with E-state index in [1.807, 2.05) is 19.1 Å². The van der Waals surface area contributed by atoms with Crippen molar-refractivity contribution in [2.75, 3.05) is 50.8 Å². The second-order valence-corrected chi connectivity index (χ2v) is 12.6. The topological polar surface area (TPSA) is 119 Å². The van der Waals surface area contributed by atoms with Gasteiger partial charge in [0, 0.05) is 51.9 Å². The molecule has 2 aromatic rings. The number of piperazine rings is 1. The molecule has 228 valence electrons. The minimum atomic E-state index is -0.731. The number of aryl methyl sites for hydroxylation is 1. The third-order valence-corrected chi connectivity index (χ3v) is 9.12. The monoisotopic (exact) mass is 615 g/mol. The van der Waals surface area contributed by atoms with Crippen molar-refractivity contribution in [1.82, 2.24) is 19.2 Å². The van der Waals surface area contributed by atoms with Gasteiger partial charge in [-0.3, -0.25) is 28.6 Å². The van der Waals surface area contributed by atoms with Crippen molar-refractivity contribution >= 4 is 57.7 Å². The number of aliphatic carboxylic acids is 1. The molecule has 0 radical (unpaired) electrons. The first kappa shape index (κ1) is 32.1. The SMILES string of the molecule is Cc1ccc2nc(N3CCN(CCO)CC3)c(/C=C3/SC(=S)N(CCCCCCCCCCC(=O)O)C3=O)c(=O)n2c1. The van der Waals surface area contributed by atoms with E-state index in [-0.39, 0.29) is 24.5 Å². The third-order valence-electron chi connectivity index (χ3n) is 7.74. The summed E-state index contributed by atoms with van der Waals surface area (Å²) in [5.41, 5.74) is 1.66. The van der Waals surface area contributed by atoms with Crippen LogP contribution in [0.25, 0.3) is 11.7 Å². The number of thiocarbonyl (C=S) groups is 1. The number of carboxylic acids is 1. The molecule has 12 heteroatoms. The quantitative estimate of drug-likeness (QED) is 0.173. The van der Waals surface area contributed by atoms with E-state index in [1.54, 1.807) is 21.6 Å². The highest BCUT2D eigenvalue weighted by Crippen LogP contribution is 2.34. The van der Waals surface area contributed by atoms with Crippen LogP contribution in [0.1, 0.15) is 68.9 Å². The van der Waals surface area contributed by atoms with Crippen molar-refractivity contribution in [1.29, 1.82) is 0 Å². The molecule has 2 saturated heterocycles. The summed E-state index contributed by atoms with van der Waals surface area (Å²) in [6.07, 6.45) is 11.5. The van der Waals surface area contributed by atoms with Gasteiger partial charge < -0.3 is 15.1 Å². The number of β-amino-alcohol motifs (C(OH)–C–C–N with tert-alkyl or cyclic N) is 1. The predicted octanol–water partition coefficient (Wildman–Crippen LogP) is 3.91. The molecule has 0 spiro atoms. The number of carbonyl (C=O) groups is 2. The number of unbranched alkanes of at least 4 members (excludes halogenated alkanes) is 7. The molecule has 1 amide bonds. The van der Waals surface area contributed by atoms with Gasteiger partial charge in [0.15, 0.2) is 0 Å². The van der Waals surface area contributed by atoms with Crippen LogP contribution in [0.3, 0.4) is 0 Å². The molecule has 0 unspecified atom stereocenters. The molecule has 4 heterocycles. The fraction of sp³-hybridized carbons (Fsp3) is 0.567. The summed E-state index contributed by atoms with van der Waals surface area (Å²) in [5.74, 6) is -0.331. The molecule has 2 aliphatic heterocycles. The van der Waals surface area contributed by atoms with Crippen LogP contribution in [0.15, 0.2) is 28.0 Å². The van der Waals surface area contributed by atoms with Gasteiger partial charge in [0.25, 0.3) is 11.5 Å². The van der Waals surface area contributed by atoms with E-state index in [4.69, 9.17) is 22.3 Å². The molecule has 0 atom stereocenters. The van der Waals surface area contributed by atoms with Crippen LogP contribution in [0.2, 0.25) is 0 Å². The number of thioether (sulfide) groups is 1. The summed E-state index contributed by atoms with van der Waals surface area (Å²) in [4.78, 5) is 49.0. The number of aliphatic hydroxyl groups excluding tert-OH is 1. The smallest absolute Gasteiger partial charge is 0.303 e. The zero-order chi connectivity index (χ0) is 30.1. The standard InChI is InChI=1S/C30H41N5O5S2/c1-22-11-12-25-31-27(33-16-14-32(15-17-33)18-19-36)23(28(39)35(25)21-22)20-24-29(40)34(30(41)42-24)13-9-7-5-3-2-4-6-8-10-26(37)38/h11-12,20-21,36H,2-10,13-19H2,1H3,(H,37,38)/b24-20+. The van der Waals surface area contributed by atoms with E-state index in [2.05, 4.69) is 9.80 Å². The van der Waals surface area contributed by atoms with Gasteiger partial charge >= 0.3 is 5.97 Å². The Morgan fingerprint density at radius 2 is 1.67 bits per heavy atom. The van der Waals surface area contributed by atoms with Crippen molar-refractivity contribution in [2.24, 2.45) is 0 Å². The first-order valence-electron chi connectivity index (χ1n) is 14.9. The molecule has 2 N–H and O–H groups in total. The summed E-state index contributed by atoms with van der Waals surface area (Å²) in [5, 5.41) is 18.0. The highest BCUT2D eigenvalue weighted by molar-refractivity contribution is 8.26. The summed E-state index contributed by atoms with van der Waals surface area (Å²) >= 11 is 6.80. The lowest BCUT2D eigenvalue weighted by Gasteiger charge is -2.35. The average Bonchev–Trinajstić information content (AvgIpc) is 3.23. The summed E-state index contributed by atoms with van der Waals surface area (Å²) in [6, 6.07) is 3.77. The Balaban J connectivity index is 1.42. The van der Waals surface area contributed by atoms with Gasteiger partial charge in [-0.25, -0.2) is 4.98 Å². The van der Waals surface area contributed by atoms with Crippen molar-refractivity contribution in [3.63, 3.8) is 0 Å². The lowest BCUT2D eigenvalue weighted by Crippen LogP contribution is -2.48. The lowest BCUT2D eigenvalue weighted by atomic mass is 10.1. The van der Waals surface area contributed by atoms with Crippen LogP contribution in [-0.4, -0.2) is 91.5 Å². The maximum atomic E-state index is 13.8. The van der Waals surface area contributed by atoms with Crippen LogP contribution in [-0.2, 0) is 9.59 Å². The van der Waals surface area contributed by atoms with Crippen LogP contribution in [0.5, 0.6) is 0 Å². The fourth-order valence-electron chi connectivity index (χ4n) is 5.37. The van der Waals surface area contributed by atoms with Crippen molar-refractivity contribution < 1.29 is 19.8 Å². The Hall–Kier alpha value is -2.80. The van der Waals surface area contributed by atoms with E-state index in [0.29, 0.717) is 52.4 Å². The van der Waals surface area contributed by atoms with Gasteiger partial charge in [0.1, 0.15) is 15.8 Å². The Kier molecular flexibility index (Phi) is 11.9. The second-order valence-electron chi connectivity index (χ2n) is 10.9. The third kappa shape index (κ3) is 8.40. The van der Waals surface area contributed by atoms with E-state index in [1.165, 1.54) is 11.8 Å². The van der Waals surface area contributed by atoms with Gasteiger partial charge in [0.05, 0.1) is 17.1 Å². The number of carboxylic acid groups (broad SMARTS) is 1. The number of carbonyl (C=O) groups excluding carboxylic acids is 1. The predicted molar refractivity (Wildman–Crippen MR) is 171 cm³/mol. The normalized spacial score (nSPS) is 17.2. The van der Waals surface area contributed by atoms with Crippen molar-refractivity contribution in [3.05, 3.63) is 44.7 Å².